The molecule has 0 aliphatic rings. The number of benzene rings is 6. The lowest BCUT2D eigenvalue weighted by Crippen LogP contribution is -2.23. The summed E-state index contributed by atoms with van der Waals surface area (Å²) in [7, 11) is -6.16. The van der Waals surface area contributed by atoms with Crippen molar-refractivity contribution in [3.8, 4) is 0 Å². The smallest absolute Gasteiger partial charge is 0.302 e. The van der Waals surface area contributed by atoms with Gasteiger partial charge in [-0.15, -0.1) is 0 Å². The first-order valence-corrected chi connectivity index (χ1v) is 22.8. The third-order valence-electron chi connectivity index (χ3n) is 10.4. The third-order valence-corrected chi connectivity index (χ3v) is 14.4. The summed E-state index contributed by atoms with van der Waals surface area (Å²) in [5.74, 6) is 0. The van der Waals surface area contributed by atoms with Crippen LogP contribution in [0.15, 0.2) is 109 Å². The number of aldehydes is 1. The molecular weight excluding hydrogens is 783 g/mol. The molecule has 0 fully saturated rings. The van der Waals surface area contributed by atoms with E-state index in [1.165, 1.54) is 5.56 Å². The quantitative estimate of drug-likeness (QED) is 0.106. The van der Waals surface area contributed by atoms with E-state index >= 15 is 0 Å². The van der Waals surface area contributed by atoms with Crippen molar-refractivity contribution >= 4 is 48.4 Å². The van der Waals surface area contributed by atoms with Gasteiger partial charge < -0.3 is 4.57 Å². The van der Waals surface area contributed by atoms with Crippen molar-refractivity contribution in [3.63, 3.8) is 0 Å². The molecule has 1 atom stereocenters. The van der Waals surface area contributed by atoms with Crippen molar-refractivity contribution in [2.45, 2.75) is 83.1 Å². The van der Waals surface area contributed by atoms with Crippen LogP contribution in [0.4, 0.5) is 0 Å². The van der Waals surface area contributed by atoms with Crippen molar-refractivity contribution in [1.82, 2.24) is 0 Å². The highest BCUT2D eigenvalue weighted by Gasteiger charge is 2.44. The van der Waals surface area contributed by atoms with Gasteiger partial charge in [-0.2, -0.15) is 0 Å². The Balaban J connectivity index is 0.000000224. The maximum absolute atomic E-state index is 14.5. The SMILES string of the molecule is Cc1cc(C)c(C(=O)P(=O)(C(=O)c2c(C)cc(C)cc2C)c2ccccc2)c(C)c1.Cc1cc(C)c(C(=O)[P+](=O)c2ccccc2)c(C)c1.Cc1cc(C)c(C=O)c(C)c1. The first-order valence-electron chi connectivity index (χ1n) is 19.8. The molecule has 0 bridgehead atoms. The normalized spacial score (nSPS) is 11.0. The standard InChI is InChI=1S/C26H27O3P.C16H16O2P.C10H12O/c1-16-12-18(3)23(19(4)13-16)25(27)30(29,22-10-8-7-9-11-22)26(28)24-20(5)14-17(2)15-21(24)6;1-11-9-12(2)15(13(3)10-11)16(17)19(18)14-7-5-4-6-8-14;1-7-4-8(2)10(6-11)9(3)5-7/h7-15H,1-6H3;4-10H,1-3H3;4-6H,1-3H3/q;+1;. The van der Waals surface area contributed by atoms with Gasteiger partial charge in [0, 0.05) is 22.0 Å². The van der Waals surface area contributed by atoms with Gasteiger partial charge in [0.2, 0.25) is 18.2 Å². The number of rotatable bonds is 9. The predicted octanol–water partition coefficient (Wildman–Crippen LogP) is 12.5. The van der Waals surface area contributed by atoms with E-state index in [1.54, 1.807) is 54.6 Å². The Bertz CT molecular complexity index is 2510. The molecule has 8 heteroatoms. The zero-order valence-corrected chi connectivity index (χ0v) is 38.6. The highest BCUT2D eigenvalue weighted by Crippen LogP contribution is 2.52. The summed E-state index contributed by atoms with van der Waals surface area (Å²) in [5.41, 5.74) is 11.9. The number of aryl methyl sites for hydroxylation is 12. The van der Waals surface area contributed by atoms with Crippen molar-refractivity contribution in [2.24, 2.45) is 0 Å². The number of hydrogen-bond acceptors (Lipinski definition) is 6. The fourth-order valence-corrected chi connectivity index (χ4v) is 11.8. The van der Waals surface area contributed by atoms with E-state index in [2.05, 4.69) is 0 Å². The van der Waals surface area contributed by atoms with Gasteiger partial charge in [0.1, 0.15) is 0 Å². The lowest BCUT2D eigenvalue weighted by Gasteiger charge is -2.21. The van der Waals surface area contributed by atoms with Gasteiger partial charge >= 0.3 is 13.3 Å². The fraction of sp³-hybridized carbons (Fsp3) is 0.231. The molecule has 60 heavy (non-hydrogen) atoms. The van der Waals surface area contributed by atoms with Gasteiger partial charge in [-0.3, -0.25) is 14.4 Å². The van der Waals surface area contributed by atoms with Gasteiger partial charge in [-0.25, -0.2) is 4.79 Å². The average Bonchev–Trinajstić information content (AvgIpc) is 3.17. The Labute approximate surface area is 356 Å². The van der Waals surface area contributed by atoms with E-state index in [-0.39, 0.29) is 10.8 Å². The van der Waals surface area contributed by atoms with Crippen LogP contribution >= 0.6 is 14.9 Å². The summed E-state index contributed by atoms with van der Waals surface area (Å²) < 4.78 is 26.8. The Hall–Kier alpha value is -5.67. The Morgan fingerprint density at radius 1 is 0.450 bits per heavy atom. The molecule has 0 aliphatic carbocycles. The lowest BCUT2D eigenvalue weighted by molar-refractivity contribution is 0.103. The number of carbonyl (C=O) groups is 4. The van der Waals surface area contributed by atoms with E-state index in [9.17, 15) is 28.3 Å². The first kappa shape index (κ1) is 47.0. The van der Waals surface area contributed by atoms with Crippen LogP contribution in [0.2, 0.25) is 0 Å². The minimum absolute atomic E-state index is 0.277. The van der Waals surface area contributed by atoms with Crippen molar-refractivity contribution in [2.75, 3.05) is 0 Å². The molecule has 6 nitrogen and oxygen atoms in total. The molecule has 0 heterocycles. The van der Waals surface area contributed by atoms with Gasteiger partial charge in [0.15, 0.2) is 11.6 Å². The second kappa shape index (κ2) is 20.1. The van der Waals surface area contributed by atoms with E-state index < -0.39 is 26.0 Å². The molecule has 0 saturated carbocycles. The van der Waals surface area contributed by atoms with Crippen LogP contribution in [0.25, 0.3) is 0 Å². The van der Waals surface area contributed by atoms with Crippen LogP contribution in [0.5, 0.6) is 0 Å². The molecule has 0 spiro atoms. The molecule has 0 saturated heterocycles. The van der Waals surface area contributed by atoms with Crippen LogP contribution < -0.4 is 10.6 Å². The van der Waals surface area contributed by atoms with E-state index in [1.807, 2.05) is 138 Å². The molecule has 6 aromatic carbocycles. The van der Waals surface area contributed by atoms with Gasteiger partial charge in [-0.05, 0) is 140 Å². The summed E-state index contributed by atoms with van der Waals surface area (Å²) >= 11 is 0. The summed E-state index contributed by atoms with van der Waals surface area (Å²) in [6.07, 6.45) is 0.921. The summed E-state index contributed by atoms with van der Waals surface area (Å²) in [6.45, 7) is 23.0. The summed E-state index contributed by atoms with van der Waals surface area (Å²) in [4.78, 5) is 50.7. The van der Waals surface area contributed by atoms with Crippen LogP contribution in [-0.4, -0.2) is 22.9 Å². The van der Waals surface area contributed by atoms with Crippen molar-refractivity contribution in [3.05, 3.63) is 198 Å². The zero-order valence-electron chi connectivity index (χ0n) is 36.8. The minimum Gasteiger partial charge on any atom is -0.302 e. The van der Waals surface area contributed by atoms with Gasteiger partial charge in [0.05, 0.1) is 5.56 Å². The highest BCUT2D eigenvalue weighted by atomic mass is 31.2. The maximum atomic E-state index is 14.5. The molecule has 308 valence electrons. The Morgan fingerprint density at radius 3 is 1.08 bits per heavy atom. The van der Waals surface area contributed by atoms with Crippen LogP contribution in [0.3, 0.4) is 0 Å². The van der Waals surface area contributed by atoms with Crippen LogP contribution in [0, 0.1) is 83.1 Å². The monoisotopic (exact) mass is 837 g/mol. The largest absolute Gasteiger partial charge is 0.458 e. The second-order valence-corrected chi connectivity index (χ2v) is 19.8. The molecule has 0 aliphatic heterocycles. The van der Waals surface area contributed by atoms with E-state index in [0.29, 0.717) is 22.0 Å². The Morgan fingerprint density at radius 2 is 0.750 bits per heavy atom. The van der Waals surface area contributed by atoms with Gasteiger partial charge in [-0.1, -0.05) is 124 Å². The molecular formula is C52H55O6P2+. The van der Waals surface area contributed by atoms with Crippen LogP contribution in [-0.2, 0) is 9.13 Å². The molecule has 6 rings (SSSR count). The summed E-state index contributed by atoms with van der Waals surface area (Å²) in [5, 5.41) is 0.862. The highest BCUT2D eigenvalue weighted by molar-refractivity contribution is 8.01. The average molecular weight is 838 g/mol. The topological polar surface area (TPSA) is 102 Å². The molecule has 0 N–H and O–H groups in total. The van der Waals surface area contributed by atoms with E-state index in [4.69, 9.17) is 0 Å². The molecule has 6 aromatic rings. The zero-order chi connectivity index (χ0) is 44.6. The number of hydrogen-bond donors (Lipinski definition) is 0. The third kappa shape index (κ3) is 10.5. The minimum atomic E-state index is -4.11. The summed E-state index contributed by atoms with van der Waals surface area (Å²) in [6, 6.07) is 32.9. The van der Waals surface area contributed by atoms with Crippen molar-refractivity contribution in [1.29, 1.82) is 0 Å². The predicted molar refractivity (Wildman–Crippen MR) is 248 cm³/mol. The second-order valence-electron chi connectivity index (χ2n) is 15.7. The fourth-order valence-electron chi connectivity index (χ4n) is 7.99. The molecule has 0 aromatic heterocycles. The van der Waals surface area contributed by atoms with Gasteiger partial charge in [0.25, 0.3) is 0 Å². The molecule has 0 amide bonds. The molecule has 0 radical (unpaired) electrons. The lowest BCUT2D eigenvalue weighted by atomic mass is 10.0. The molecule has 1 unspecified atom stereocenters. The van der Waals surface area contributed by atoms with Crippen LogP contribution in [0.1, 0.15) is 108 Å². The van der Waals surface area contributed by atoms with Crippen molar-refractivity contribution < 1.29 is 28.3 Å². The first-order chi connectivity index (χ1) is 28.2. The number of carbonyl (C=O) groups excluding carboxylic acids is 4. The maximum Gasteiger partial charge on any atom is 0.458 e. The van der Waals surface area contributed by atoms with E-state index in [0.717, 1.165) is 73.0 Å². The Kier molecular flexibility index (Phi) is 15.7.